The standard InChI is InChI=1S/C16H17NO3/c1-9-13(18-2)6-5-10-11-7-14(19-3)15(20-4)8-12(11)17-16(9)10/h5-8,17H,1-4H3. The number of nitrogens with one attached hydrogen (secondary N) is 1. The molecule has 4 nitrogen and oxygen atoms in total. The van der Waals surface area contributed by atoms with Crippen LogP contribution in [0, 0.1) is 6.92 Å². The van der Waals surface area contributed by atoms with E-state index in [2.05, 4.69) is 11.1 Å². The van der Waals surface area contributed by atoms with Crippen LogP contribution in [0.2, 0.25) is 0 Å². The zero-order valence-electron chi connectivity index (χ0n) is 12.0. The first-order chi connectivity index (χ1) is 9.69. The van der Waals surface area contributed by atoms with Gasteiger partial charge in [0.2, 0.25) is 0 Å². The summed E-state index contributed by atoms with van der Waals surface area (Å²) in [7, 11) is 4.97. The van der Waals surface area contributed by atoms with Gasteiger partial charge in [-0.25, -0.2) is 0 Å². The third kappa shape index (κ3) is 1.68. The molecule has 0 amide bonds. The van der Waals surface area contributed by atoms with Gasteiger partial charge in [0.1, 0.15) is 5.75 Å². The average Bonchev–Trinajstić information content (AvgIpc) is 2.84. The number of methoxy groups -OCH3 is 3. The van der Waals surface area contributed by atoms with Gasteiger partial charge in [-0.15, -0.1) is 0 Å². The van der Waals surface area contributed by atoms with Gasteiger partial charge in [0.05, 0.1) is 32.4 Å². The van der Waals surface area contributed by atoms with Crippen LogP contribution in [-0.4, -0.2) is 26.3 Å². The lowest BCUT2D eigenvalue weighted by Gasteiger charge is -2.07. The molecule has 20 heavy (non-hydrogen) atoms. The summed E-state index contributed by atoms with van der Waals surface area (Å²) in [5.74, 6) is 2.33. The second kappa shape index (κ2) is 4.63. The van der Waals surface area contributed by atoms with Crippen LogP contribution in [-0.2, 0) is 0 Å². The topological polar surface area (TPSA) is 43.5 Å². The quantitative estimate of drug-likeness (QED) is 0.790. The van der Waals surface area contributed by atoms with Gasteiger partial charge in [-0.2, -0.15) is 0 Å². The van der Waals surface area contributed by atoms with Crippen molar-refractivity contribution in [2.24, 2.45) is 0 Å². The van der Waals surface area contributed by atoms with E-state index >= 15 is 0 Å². The Morgan fingerprint density at radius 2 is 1.45 bits per heavy atom. The summed E-state index contributed by atoms with van der Waals surface area (Å²) in [6.45, 7) is 2.05. The first-order valence-corrected chi connectivity index (χ1v) is 6.40. The molecule has 0 aliphatic rings. The van der Waals surface area contributed by atoms with E-state index < -0.39 is 0 Å². The number of ether oxygens (including phenoxy) is 3. The molecule has 2 aromatic carbocycles. The summed E-state index contributed by atoms with van der Waals surface area (Å²) >= 11 is 0. The maximum absolute atomic E-state index is 5.37. The molecule has 1 heterocycles. The van der Waals surface area contributed by atoms with Crippen LogP contribution in [0.3, 0.4) is 0 Å². The van der Waals surface area contributed by atoms with Gasteiger partial charge in [-0.3, -0.25) is 0 Å². The third-order valence-electron chi connectivity index (χ3n) is 3.71. The zero-order valence-corrected chi connectivity index (χ0v) is 12.0. The van der Waals surface area contributed by atoms with Crippen molar-refractivity contribution in [3.8, 4) is 17.2 Å². The number of H-pyrrole nitrogens is 1. The fourth-order valence-electron chi connectivity index (χ4n) is 2.64. The Balaban J connectivity index is 2.39. The van der Waals surface area contributed by atoms with Crippen molar-refractivity contribution >= 4 is 21.8 Å². The van der Waals surface area contributed by atoms with Gasteiger partial charge in [0.25, 0.3) is 0 Å². The minimum absolute atomic E-state index is 0.719. The summed E-state index contributed by atoms with van der Waals surface area (Å²) in [5.41, 5.74) is 3.20. The van der Waals surface area contributed by atoms with E-state index in [4.69, 9.17) is 14.2 Å². The number of hydrogen-bond donors (Lipinski definition) is 1. The lowest BCUT2D eigenvalue weighted by atomic mass is 10.1. The smallest absolute Gasteiger partial charge is 0.162 e. The van der Waals surface area contributed by atoms with Crippen LogP contribution in [0.25, 0.3) is 21.8 Å². The Morgan fingerprint density at radius 3 is 2.10 bits per heavy atom. The Bertz CT molecular complexity index is 789. The fraction of sp³-hybridized carbons (Fsp3) is 0.250. The molecule has 0 bridgehead atoms. The Kier molecular flexibility index (Phi) is 2.93. The number of aromatic amines is 1. The van der Waals surface area contributed by atoms with Gasteiger partial charge in [0, 0.05) is 22.4 Å². The lowest BCUT2D eigenvalue weighted by molar-refractivity contribution is 0.356. The highest BCUT2D eigenvalue weighted by atomic mass is 16.5. The highest BCUT2D eigenvalue weighted by molar-refractivity contribution is 6.09. The van der Waals surface area contributed by atoms with E-state index in [1.165, 1.54) is 0 Å². The van der Waals surface area contributed by atoms with Crippen molar-refractivity contribution in [3.05, 3.63) is 29.8 Å². The van der Waals surface area contributed by atoms with Crippen molar-refractivity contribution < 1.29 is 14.2 Å². The molecule has 0 fully saturated rings. The minimum Gasteiger partial charge on any atom is -0.496 e. The largest absolute Gasteiger partial charge is 0.496 e. The Labute approximate surface area is 117 Å². The highest BCUT2D eigenvalue weighted by Crippen LogP contribution is 2.38. The number of hydrogen-bond acceptors (Lipinski definition) is 3. The number of aryl methyl sites for hydroxylation is 1. The van der Waals surface area contributed by atoms with Crippen molar-refractivity contribution in [3.63, 3.8) is 0 Å². The summed E-state index contributed by atoms with van der Waals surface area (Å²) in [6.07, 6.45) is 0. The molecule has 0 atom stereocenters. The van der Waals surface area contributed by atoms with Gasteiger partial charge in [0.15, 0.2) is 11.5 Å². The van der Waals surface area contributed by atoms with E-state index in [0.29, 0.717) is 0 Å². The molecule has 0 saturated heterocycles. The predicted molar refractivity (Wildman–Crippen MR) is 80.2 cm³/mol. The van der Waals surface area contributed by atoms with Crippen molar-refractivity contribution in [1.29, 1.82) is 0 Å². The minimum atomic E-state index is 0.719. The van der Waals surface area contributed by atoms with Gasteiger partial charge in [-0.05, 0) is 25.1 Å². The molecule has 0 radical (unpaired) electrons. The van der Waals surface area contributed by atoms with Crippen molar-refractivity contribution in [2.45, 2.75) is 6.92 Å². The first kappa shape index (κ1) is 12.7. The molecule has 1 N–H and O–H groups in total. The highest BCUT2D eigenvalue weighted by Gasteiger charge is 2.13. The van der Waals surface area contributed by atoms with E-state index in [1.54, 1.807) is 21.3 Å². The van der Waals surface area contributed by atoms with Gasteiger partial charge >= 0.3 is 0 Å². The maximum Gasteiger partial charge on any atom is 0.162 e. The van der Waals surface area contributed by atoms with Crippen LogP contribution in [0.4, 0.5) is 0 Å². The van der Waals surface area contributed by atoms with E-state index in [1.807, 2.05) is 25.1 Å². The number of rotatable bonds is 3. The molecule has 3 aromatic rings. The normalized spacial score (nSPS) is 11.0. The molecule has 4 heteroatoms. The molecule has 104 valence electrons. The third-order valence-corrected chi connectivity index (χ3v) is 3.71. The predicted octanol–water partition coefficient (Wildman–Crippen LogP) is 3.66. The molecule has 0 spiro atoms. The van der Waals surface area contributed by atoms with Crippen LogP contribution in [0.15, 0.2) is 24.3 Å². The van der Waals surface area contributed by atoms with Gasteiger partial charge in [-0.1, -0.05) is 0 Å². The molecule has 1 aromatic heterocycles. The number of fused-ring (bicyclic) bond motifs is 3. The monoisotopic (exact) mass is 271 g/mol. The lowest BCUT2D eigenvalue weighted by Crippen LogP contribution is -1.89. The SMILES string of the molecule is COc1cc2[nH]c3c(C)c(OC)ccc3c2cc1OC. The molecule has 0 aliphatic heterocycles. The van der Waals surface area contributed by atoms with Gasteiger partial charge < -0.3 is 19.2 Å². The van der Waals surface area contributed by atoms with Crippen molar-refractivity contribution in [1.82, 2.24) is 4.98 Å². The fourth-order valence-corrected chi connectivity index (χ4v) is 2.64. The number of aromatic nitrogens is 1. The average molecular weight is 271 g/mol. The molecular weight excluding hydrogens is 254 g/mol. The maximum atomic E-state index is 5.37. The molecule has 0 unspecified atom stereocenters. The molecular formula is C16H17NO3. The second-order valence-corrected chi connectivity index (χ2v) is 4.69. The Hall–Kier alpha value is -2.36. The van der Waals surface area contributed by atoms with E-state index in [0.717, 1.165) is 44.6 Å². The van der Waals surface area contributed by atoms with Crippen LogP contribution in [0.5, 0.6) is 17.2 Å². The summed E-state index contributed by atoms with van der Waals surface area (Å²) in [5, 5.41) is 2.27. The van der Waals surface area contributed by atoms with Crippen LogP contribution in [0.1, 0.15) is 5.56 Å². The summed E-state index contributed by atoms with van der Waals surface area (Å²) in [4.78, 5) is 3.43. The van der Waals surface area contributed by atoms with E-state index in [9.17, 15) is 0 Å². The number of benzene rings is 2. The zero-order chi connectivity index (χ0) is 14.3. The van der Waals surface area contributed by atoms with Crippen molar-refractivity contribution in [2.75, 3.05) is 21.3 Å². The second-order valence-electron chi connectivity index (χ2n) is 4.69. The molecule has 3 rings (SSSR count). The summed E-state index contributed by atoms with van der Waals surface area (Å²) < 4.78 is 16.1. The first-order valence-electron chi connectivity index (χ1n) is 6.40. The van der Waals surface area contributed by atoms with Crippen LogP contribution >= 0.6 is 0 Å². The van der Waals surface area contributed by atoms with E-state index in [-0.39, 0.29) is 0 Å². The molecule has 0 saturated carbocycles. The summed E-state index contributed by atoms with van der Waals surface area (Å²) in [6, 6.07) is 8.01. The van der Waals surface area contributed by atoms with Crippen LogP contribution < -0.4 is 14.2 Å². The molecule has 0 aliphatic carbocycles. The Morgan fingerprint density at radius 1 is 0.800 bits per heavy atom.